The average Bonchev–Trinajstić information content (AvgIpc) is 2.56. The van der Waals surface area contributed by atoms with Crippen molar-refractivity contribution in [3.8, 4) is 0 Å². The monoisotopic (exact) mass is 274 g/mol. The summed E-state index contributed by atoms with van der Waals surface area (Å²) in [6, 6.07) is 0.539. The maximum atomic E-state index is 11.6. The highest BCUT2D eigenvalue weighted by molar-refractivity contribution is 7.91. The molecule has 18 heavy (non-hydrogen) atoms. The van der Waals surface area contributed by atoms with Crippen LogP contribution in [0.2, 0.25) is 0 Å². The molecule has 106 valence electrons. The molecule has 0 aromatic heterocycles. The van der Waals surface area contributed by atoms with E-state index in [-0.39, 0.29) is 5.54 Å². The van der Waals surface area contributed by atoms with Gasteiger partial charge in [0.15, 0.2) is 0 Å². The molecule has 2 heterocycles. The molecule has 5 heteroatoms. The third-order valence-corrected chi connectivity index (χ3v) is 6.45. The first-order chi connectivity index (χ1) is 8.49. The average molecular weight is 274 g/mol. The van der Waals surface area contributed by atoms with E-state index in [0.717, 1.165) is 19.4 Å². The first-order valence-electron chi connectivity index (χ1n) is 7.16. The van der Waals surface area contributed by atoms with Gasteiger partial charge in [-0.05, 0) is 39.2 Å². The Morgan fingerprint density at radius 3 is 2.50 bits per heavy atom. The van der Waals surface area contributed by atoms with Crippen molar-refractivity contribution in [2.75, 3.05) is 24.6 Å². The van der Waals surface area contributed by atoms with Crippen molar-refractivity contribution >= 4 is 9.84 Å². The van der Waals surface area contributed by atoms with E-state index in [0.29, 0.717) is 24.1 Å². The number of hydrogen-bond donors (Lipinski definition) is 1. The summed E-state index contributed by atoms with van der Waals surface area (Å²) < 4.78 is 23.3. The predicted octanol–water partition coefficient (Wildman–Crippen LogP) is 1.16. The number of likely N-dealkylation sites (tertiary alicyclic amines) is 1. The van der Waals surface area contributed by atoms with Gasteiger partial charge in [-0.2, -0.15) is 0 Å². The summed E-state index contributed by atoms with van der Waals surface area (Å²) in [4.78, 5) is 2.52. The lowest BCUT2D eigenvalue weighted by Gasteiger charge is -2.48. The fraction of sp³-hybridized carbons (Fsp3) is 1.00. The van der Waals surface area contributed by atoms with Gasteiger partial charge in [0.1, 0.15) is 9.84 Å². The van der Waals surface area contributed by atoms with Crippen molar-refractivity contribution in [3.63, 3.8) is 0 Å². The normalized spacial score (nSPS) is 32.9. The number of nitrogens with two attached hydrogens (primary N) is 1. The van der Waals surface area contributed by atoms with Gasteiger partial charge in [-0.1, -0.05) is 12.8 Å². The summed E-state index contributed by atoms with van der Waals surface area (Å²) in [7, 11) is -2.81. The van der Waals surface area contributed by atoms with E-state index in [2.05, 4.69) is 11.8 Å². The molecule has 1 unspecified atom stereocenters. The fourth-order valence-corrected chi connectivity index (χ4v) is 5.09. The lowest BCUT2D eigenvalue weighted by Crippen LogP contribution is -2.60. The van der Waals surface area contributed by atoms with Gasteiger partial charge < -0.3 is 5.73 Å². The van der Waals surface area contributed by atoms with Crippen LogP contribution in [0.4, 0.5) is 0 Å². The number of rotatable bonds is 2. The van der Waals surface area contributed by atoms with Gasteiger partial charge in [0.2, 0.25) is 0 Å². The zero-order valence-electron chi connectivity index (χ0n) is 11.4. The summed E-state index contributed by atoms with van der Waals surface area (Å²) in [5.41, 5.74) is 5.97. The van der Waals surface area contributed by atoms with E-state index >= 15 is 0 Å². The second kappa shape index (κ2) is 5.47. The number of hydrogen-bond acceptors (Lipinski definition) is 4. The van der Waals surface area contributed by atoms with Crippen LogP contribution in [0.15, 0.2) is 0 Å². The molecular formula is C13H26N2O2S. The molecule has 0 spiro atoms. The summed E-state index contributed by atoms with van der Waals surface area (Å²) in [6.07, 6.45) is 6.45. The molecule has 2 saturated heterocycles. The van der Waals surface area contributed by atoms with E-state index in [1.807, 2.05) is 0 Å². The number of nitrogens with zero attached hydrogens (tertiary/aromatic N) is 1. The molecule has 0 amide bonds. The van der Waals surface area contributed by atoms with Crippen LogP contribution in [0.5, 0.6) is 0 Å². The molecule has 0 aromatic carbocycles. The van der Waals surface area contributed by atoms with E-state index in [4.69, 9.17) is 5.73 Å². The van der Waals surface area contributed by atoms with Gasteiger partial charge in [-0.25, -0.2) is 8.42 Å². The smallest absolute Gasteiger partial charge is 0.150 e. The Hall–Kier alpha value is -0.130. The lowest BCUT2D eigenvalue weighted by molar-refractivity contribution is 0.0482. The molecule has 1 atom stereocenters. The van der Waals surface area contributed by atoms with Crippen LogP contribution in [0.1, 0.15) is 45.4 Å². The Morgan fingerprint density at radius 2 is 1.89 bits per heavy atom. The Balaban J connectivity index is 2.16. The first-order valence-corrected chi connectivity index (χ1v) is 8.98. The topological polar surface area (TPSA) is 63.4 Å². The highest BCUT2D eigenvalue weighted by Crippen LogP contribution is 2.33. The minimum atomic E-state index is -2.81. The Kier molecular flexibility index (Phi) is 4.34. The van der Waals surface area contributed by atoms with Crippen LogP contribution in [0.25, 0.3) is 0 Å². The van der Waals surface area contributed by atoms with Crippen molar-refractivity contribution in [1.82, 2.24) is 4.90 Å². The van der Waals surface area contributed by atoms with Crippen LogP contribution in [-0.4, -0.2) is 49.5 Å². The van der Waals surface area contributed by atoms with Crippen molar-refractivity contribution in [3.05, 3.63) is 0 Å². The molecule has 2 rings (SSSR count). The van der Waals surface area contributed by atoms with E-state index in [1.165, 1.54) is 25.7 Å². The second-order valence-corrected chi connectivity index (χ2v) is 8.28. The third kappa shape index (κ3) is 2.89. The molecule has 0 aliphatic carbocycles. The zero-order valence-corrected chi connectivity index (χ0v) is 12.2. The van der Waals surface area contributed by atoms with Gasteiger partial charge in [-0.3, -0.25) is 4.90 Å². The van der Waals surface area contributed by atoms with Crippen LogP contribution in [-0.2, 0) is 9.84 Å². The van der Waals surface area contributed by atoms with Gasteiger partial charge in [0, 0.05) is 18.1 Å². The Bertz CT molecular complexity index is 366. The van der Waals surface area contributed by atoms with Gasteiger partial charge in [0.05, 0.1) is 11.5 Å². The van der Waals surface area contributed by atoms with Crippen molar-refractivity contribution in [2.45, 2.75) is 57.0 Å². The molecule has 2 N–H and O–H groups in total. The van der Waals surface area contributed by atoms with E-state index in [1.54, 1.807) is 0 Å². The molecule has 0 bridgehead atoms. The quantitative estimate of drug-likeness (QED) is 0.820. The Morgan fingerprint density at radius 1 is 1.22 bits per heavy atom. The molecular weight excluding hydrogens is 248 g/mol. The van der Waals surface area contributed by atoms with Crippen LogP contribution < -0.4 is 5.73 Å². The molecule has 0 aromatic rings. The minimum absolute atomic E-state index is 0.0604. The molecule has 0 radical (unpaired) electrons. The molecule has 2 aliphatic heterocycles. The van der Waals surface area contributed by atoms with Crippen LogP contribution >= 0.6 is 0 Å². The zero-order chi connectivity index (χ0) is 13.2. The molecule has 2 fully saturated rings. The number of sulfone groups is 1. The molecule has 0 saturated carbocycles. The minimum Gasteiger partial charge on any atom is -0.329 e. The fourth-order valence-electron chi connectivity index (χ4n) is 3.51. The van der Waals surface area contributed by atoms with Gasteiger partial charge in [0.25, 0.3) is 0 Å². The van der Waals surface area contributed by atoms with Crippen LogP contribution in [0, 0.1) is 0 Å². The van der Waals surface area contributed by atoms with Crippen LogP contribution in [0.3, 0.4) is 0 Å². The van der Waals surface area contributed by atoms with Gasteiger partial charge in [-0.15, -0.1) is 0 Å². The maximum Gasteiger partial charge on any atom is 0.150 e. The summed E-state index contributed by atoms with van der Waals surface area (Å²) in [6.45, 7) is 3.94. The molecule has 4 nitrogen and oxygen atoms in total. The van der Waals surface area contributed by atoms with Crippen molar-refractivity contribution in [2.24, 2.45) is 5.73 Å². The van der Waals surface area contributed by atoms with E-state index < -0.39 is 9.84 Å². The summed E-state index contributed by atoms with van der Waals surface area (Å²) in [5, 5.41) is 0. The largest absolute Gasteiger partial charge is 0.329 e. The van der Waals surface area contributed by atoms with Gasteiger partial charge >= 0.3 is 0 Å². The second-order valence-electron chi connectivity index (χ2n) is 5.97. The standard InChI is InChI=1S/C13H26N2O2S/c1-12-5-3-2-4-8-15(12)13(11-14)6-9-18(16,17)10-7-13/h12H,2-11,14H2,1H3. The Labute approximate surface area is 111 Å². The summed E-state index contributed by atoms with van der Waals surface area (Å²) in [5.74, 6) is 0.626. The van der Waals surface area contributed by atoms with Crippen molar-refractivity contribution in [1.29, 1.82) is 0 Å². The summed E-state index contributed by atoms with van der Waals surface area (Å²) >= 11 is 0. The third-order valence-electron chi connectivity index (χ3n) is 4.80. The SMILES string of the molecule is CC1CCCCCN1C1(CN)CCS(=O)(=O)CC1. The lowest BCUT2D eigenvalue weighted by atomic mass is 9.88. The predicted molar refractivity (Wildman–Crippen MR) is 74.3 cm³/mol. The van der Waals surface area contributed by atoms with Crippen molar-refractivity contribution < 1.29 is 8.42 Å². The highest BCUT2D eigenvalue weighted by Gasteiger charge is 2.42. The molecule has 2 aliphatic rings. The highest BCUT2D eigenvalue weighted by atomic mass is 32.2. The first kappa shape index (κ1) is 14.3. The maximum absolute atomic E-state index is 11.6. The van der Waals surface area contributed by atoms with E-state index in [9.17, 15) is 8.42 Å².